The average Bonchev–Trinajstić information content (AvgIpc) is 3.38. The number of aliphatic hydroxyl groups is 1. The van der Waals surface area contributed by atoms with E-state index in [4.69, 9.17) is 34.1 Å². The molecule has 1 unspecified atom stereocenters. The Kier molecular flexibility index (Phi) is 8.22. The van der Waals surface area contributed by atoms with Crippen LogP contribution in [0.2, 0.25) is 9.49 Å². The number of nitrogens with one attached hydrogen (secondary N) is 1. The zero-order valence-electron chi connectivity index (χ0n) is 18.5. The Balaban J connectivity index is 1.51. The molecule has 0 aliphatic heterocycles. The van der Waals surface area contributed by atoms with Gasteiger partial charge < -0.3 is 16.2 Å². The zero-order valence-corrected chi connectivity index (χ0v) is 21.7. The Morgan fingerprint density at radius 2 is 2.11 bits per heavy atom. The summed E-state index contributed by atoms with van der Waals surface area (Å²) < 4.78 is 27.1. The molecule has 15 heteroatoms. The highest BCUT2D eigenvalue weighted by Crippen LogP contribution is 2.36. The zero-order chi connectivity index (χ0) is 26.0. The SMILES string of the molecule is NC(c1cccc(Cl)n1)c1cc(C(=O)c2cncnc2N[C@@H]2C[C@H](COS(N)(=O)=O)[C@@H](O)C2)sc1Cl. The molecule has 0 saturated heterocycles. The number of anilines is 1. The maximum atomic E-state index is 13.4. The number of rotatable bonds is 9. The summed E-state index contributed by atoms with van der Waals surface area (Å²) in [6.45, 7) is -0.244. The molecule has 0 spiro atoms. The van der Waals surface area contributed by atoms with E-state index in [-0.39, 0.29) is 29.8 Å². The van der Waals surface area contributed by atoms with Crippen LogP contribution in [0.3, 0.4) is 0 Å². The molecule has 1 fully saturated rings. The van der Waals surface area contributed by atoms with Crippen LogP contribution in [0.1, 0.15) is 45.4 Å². The molecule has 1 aliphatic carbocycles. The van der Waals surface area contributed by atoms with Crippen molar-refractivity contribution in [1.82, 2.24) is 15.0 Å². The second kappa shape index (κ2) is 11.0. The van der Waals surface area contributed by atoms with Gasteiger partial charge in [-0.3, -0.25) is 8.98 Å². The molecule has 11 nitrogen and oxygen atoms in total. The van der Waals surface area contributed by atoms with Crippen LogP contribution >= 0.6 is 34.5 Å². The standard InChI is InChI=1S/C21H22Cl2N6O5S2/c22-17-3-1-2-14(29-17)18(24)12-6-16(35-20(12)23)19(31)13-7-26-9-27-21(13)28-11-4-10(15(30)5-11)8-34-36(25,32)33/h1-3,6-7,9-11,15,18,30H,4-5,8,24H2,(H2,25,32,33)(H,26,27,28)/t10-,11-,15+,18?/m1/s1. The molecule has 4 atom stereocenters. The van der Waals surface area contributed by atoms with E-state index >= 15 is 0 Å². The number of hydrogen-bond donors (Lipinski definition) is 4. The number of ketones is 1. The molecule has 4 rings (SSSR count). The summed E-state index contributed by atoms with van der Waals surface area (Å²) in [5.74, 6) is -0.552. The fourth-order valence-corrected chi connectivity index (χ4v) is 5.82. The summed E-state index contributed by atoms with van der Waals surface area (Å²) in [6, 6.07) is 5.71. The summed E-state index contributed by atoms with van der Waals surface area (Å²) in [7, 11) is -4.11. The van der Waals surface area contributed by atoms with Crippen molar-refractivity contribution in [3.8, 4) is 0 Å². The highest BCUT2D eigenvalue weighted by Gasteiger charge is 2.35. The molecular formula is C21H22Cl2N6O5S2. The summed E-state index contributed by atoms with van der Waals surface area (Å²) >= 11 is 13.5. The summed E-state index contributed by atoms with van der Waals surface area (Å²) in [4.78, 5) is 26.1. The molecule has 0 radical (unpaired) electrons. The minimum Gasteiger partial charge on any atom is -0.393 e. The molecule has 3 aromatic heterocycles. The van der Waals surface area contributed by atoms with E-state index in [9.17, 15) is 18.3 Å². The topological polar surface area (TPSA) is 183 Å². The van der Waals surface area contributed by atoms with Crippen molar-refractivity contribution >= 4 is 56.4 Å². The lowest BCUT2D eigenvalue weighted by Crippen LogP contribution is -2.24. The summed E-state index contributed by atoms with van der Waals surface area (Å²) in [5, 5.41) is 18.6. The summed E-state index contributed by atoms with van der Waals surface area (Å²) in [6.07, 6.45) is 2.54. The van der Waals surface area contributed by atoms with Gasteiger partial charge in [-0.25, -0.2) is 20.1 Å². The van der Waals surface area contributed by atoms with Crippen molar-refractivity contribution in [3.63, 3.8) is 0 Å². The van der Waals surface area contributed by atoms with Gasteiger partial charge in [-0.15, -0.1) is 11.3 Å². The third-order valence-corrected chi connectivity index (χ3v) is 7.79. The van der Waals surface area contributed by atoms with Crippen LogP contribution in [0.4, 0.5) is 5.82 Å². The van der Waals surface area contributed by atoms with E-state index in [1.54, 1.807) is 24.3 Å². The number of nitrogens with two attached hydrogens (primary N) is 2. The number of aliphatic hydroxyl groups excluding tert-OH is 1. The van der Waals surface area contributed by atoms with Gasteiger partial charge in [0, 0.05) is 23.7 Å². The fraction of sp³-hybridized carbons (Fsp3) is 0.333. The lowest BCUT2D eigenvalue weighted by Gasteiger charge is -2.15. The Morgan fingerprint density at radius 1 is 1.33 bits per heavy atom. The first kappa shape index (κ1) is 26.8. The van der Waals surface area contributed by atoms with E-state index in [1.807, 2.05) is 0 Å². The van der Waals surface area contributed by atoms with Crippen LogP contribution in [-0.4, -0.2) is 53.0 Å². The molecule has 0 bridgehead atoms. The number of thiophene rings is 1. The Hall–Kier alpha value is -2.23. The number of halogens is 2. The molecule has 36 heavy (non-hydrogen) atoms. The lowest BCUT2D eigenvalue weighted by atomic mass is 10.1. The average molecular weight is 573 g/mol. The van der Waals surface area contributed by atoms with Crippen LogP contribution < -0.4 is 16.2 Å². The predicted molar refractivity (Wildman–Crippen MR) is 135 cm³/mol. The van der Waals surface area contributed by atoms with Gasteiger partial charge in [0.1, 0.15) is 17.3 Å². The van der Waals surface area contributed by atoms with Crippen molar-refractivity contribution in [1.29, 1.82) is 0 Å². The Morgan fingerprint density at radius 3 is 2.83 bits per heavy atom. The highest BCUT2D eigenvalue weighted by molar-refractivity contribution is 7.84. The number of pyridine rings is 1. The fourth-order valence-electron chi connectivity index (χ4n) is 3.98. The van der Waals surface area contributed by atoms with Crippen LogP contribution in [0, 0.1) is 5.92 Å². The quantitative estimate of drug-likeness (QED) is 0.219. The number of carbonyl (C=O) groups excluding carboxylic acids is 1. The van der Waals surface area contributed by atoms with Crippen molar-refractivity contribution in [3.05, 3.63) is 68.0 Å². The van der Waals surface area contributed by atoms with E-state index in [0.717, 1.165) is 11.3 Å². The van der Waals surface area contributed by atoms with E-state index in [0.29, 0.717) is 38.5 Å². The number of aromatic nitrogens is 3. The van der Waals surface area contributed by atoms with Crippen molar-refractivity contribution in [2.45, 2.75) is 31.0 Å². The maximum Gasteiger partial charge on any atom is 0.333 e. The van der Waals surface area contributed by atoms with Gasteiger partial charge in [-0.2, -0.15) is 8.42 Å². The van der Waals surface area contributed by atoms with Gasteiger partial charge >= 0.3 is 10.3 Å². The first-order valence-electron chi connectivity index (χ1n) is 10.7. The van der Waals surface area contributed by atoms with Gasteiger partial charge in [0.15, 0.2) is 0 Å². The van der Waals surface area contributed by atoms with E-state index in [2.05, 4.69) is 24.5 Å². The predicted octanol–water partition coefficient (Wildman–Crippen LogP) is 2.29. The Labute approximate surface area is 221 Å². The smallest absolute Gasteiger partial charge is 0.333 e. The summed E-state index contributed by atoms with van der Waals surface area (Å²) in [5.41, 5.74) is 7.57. The molecule has 3 heterocycles. The van der Waals surface area contributed by atoms with Crippen LogP contribution in [-0.2, 0) is 14.5 Å². The van der Waals surface area contributed by atoms with E-state index < -0.39 is 28.4 Å². The lowest BCUT2D eigenvalue weighted by molar-refractivity contribution is 0.101. The van der Waals surface area contributed by atoms with Gasteiger partial charge in [0.05, 0.1) is 39.2 Å². The molecule has 1 saturated carbocycles. The molecule has 0 aromatic carbocycles. The normalized spacial score (nSPS) is 20.9. The first-order valence-corrected chi connectivity index (χ1v) is 13.7. The van der Waals surface area contributed by atoms with Crippen LogP contribution in [0.5, 0.6) is 0 Å². The minimum atomic E-state index is -4.11. The monoisotopic (exact) mass is 572 g/mol. The van der Waals surface area contributed by atoms with Gasteiger partial charge in [0.2, 0.25) is 5.78 Å². The maximum absolute atomic E-state index is 13.4. The minimum absolute atomic E-state index is 0.204. The number of nitrogens with zero attached hydrogens (tertiary/aromatic N) is 3. The van der Waals surface area contributed by atoms with Crippen molar-refractivity contribution in [2.75, 3.05) is 11.9 Å². The van der Waals surface area contributed by atoms with Crippen molar-refractivity contribution in [2.24, 2.45) is 16.8 Å². The number of hydrogen-bond acceptors (Lipinski definition) is 11. The number of carbonyl (C=O) groups is 1. The largest absolute Gasteiger partial charge is 0.393 e. The van der Waals surface area contributed by atoms with Crippen LogP contribution in [0.15, 0.2) is 36.8 Å². The first-order chi connectivity index (χ1) is 17.0. The van der Waals surface area contributed by atoms with Gasteiger partial charge in [-0.05, 0) is 31.0 Å². The van der Waals surface area contributed by atoms with Gasteiger partial charge in [0.25, 0.3) is 0 Å². The molecule has 192 valence electrons. The van der Waals surface area contributed by atoms with Gasteiger partial charge in [-0.1, -0.05) is 29.3 Å². The molecule has 3 aromatic rings. The molecule has 6 N–H and O–H groups in total. The molecular weight excluding hydrogens is 551 g/mol. The van der Waals surface area contributed by atoms with Crippen molar-refractivity contribution < 1.29 is 22.5 Å². The second-order valence-corrected chi connectivity index (χ2v) is 11.5. The molecule has 0 amide bonds. The van der Waals surface area contributed by atoms with Crippen LogP contribution in [0.25, 0.3) is 0 Å². The third-order valence-electron chi connectivity index (χ3n) is 5.73. The highest BCUT2D eigenvalue weighted by atomic mass is 35.5. The second-order valence-electron chi connectivity index (χ2n) is 8.23. The Bertz CT molecular complexity index is 1370. The molecule has 1 aliphatic rings. The third kappa shape index (κ3) is 6.36. The van der Waals surface area contributed by atoms with E-state index in [1.165, 1.54) is 12.5 Å².